The molecule has 4 rings (SSSR count). The fourth-order valence-corrected chi connectivity index (χ4v) is 2.86. The first kappa shape index (κ1) is 15.0. The third kappa shape index (κ3) is 2.82. The lowest BCUT2D eigenvalue weighted by atomic mass is 10.2. The van der Waals surface area contributed by atoms with Crippen LogP contribution < -0.4 is 0 Å². The maximum atomic E-state index is 9.15. The Bertz CT molecular complexity index is 834. The van der Waals surface area contributed by atoms with Crippen molar-refractivity contribution in [3.05, 3.63) is 36.2 Å². The van der Waals surface area contributed by atoms with Crippen LogP contribution in [-0.2, 0) is 13.6 Å². The van der Waals surface area contributed by atoms with Gasteiger partial charge in [-0.25, -0.2) is 9.67 Å². The van der Waals surface area contributed by atoms with E-state index in [1.165, 1.54) is 18.5 Å². The first-order valence-electron chi connectivity index (χ1n) is 8.27. The number of pyridine rings is 1. The summed E-state index contributed by atoms with van der Waals surface area (Å²) in [7, 11) is 1.98. The molecule has 0 saturated heterocycles. The Labute approximate surface area is 140 Å². The van der Waals surface area contributed by atoms with Gasteiger partial charge in [0.1, 0.15) is 11.4 Å². The molecule has 124 valence electrons. The highest BCUT2D eigenvalue weighted by atomic mass is 16.3. The molecule has 0 aliphatic heterocycles. The monoisotopic (exact) mass is 324 g/mol. The van der Waals surface area contributed by atoms with Gasteiger partial charge in [-0.15, -0.1) is 5.10 Å². The minimum absolute atomic E-state index is 0.119. The van der Waals surface area contributed by atoms with Crippen molar-refractivity contribution in [3.63, 3.8) is 0 Å². The van der Waals surface area contributed by atoms with Crippen LogP contribution in [0, 0.1) is 0 Å². The van der Waals surface area contributed by atoms with Gasteiger partial charge in [0.25, 0.3) is 0 Å². The third-order valence-electron chi connectivity index (χ3n) is 4.23. The number of hydrogen-bond donors (Lipinski definition) is 1. The predicted octanol–water partition coefficient (Wildman–Crippen LogP) is 2.00. The summed E-state index contributed by atoms with van der Waals surface area (Å²) < 4.78 is 3.76. The summed E-state index contributed by atoms with van der Waals surface area (Å²) >= 11 is 0. The van der Waals surface area contributed by atoms with Gasteiger partial charge in [0.15, 0.2) is 11.6 Å². The second-order valence-electron chi connectivity index (χ2n) is 6.13. The minimum Gasteiger partial charge on any atom is -0.396 e. The zero-order valence-electron chi connectivity index (χ0n) is 13.6. The van der Waals surface area contributed by atoms with Crippen molar-refractivity contribution >= 4 is 0 Å². The molecule has 3 heterocycles. The van der Waals surface area contributed by atoms with Gasteiger partial charge in [-0.3, -0.25) is 9.67 Å². The Kier molecular flexibility index (Phi) is 3.86. The normalized spacial score (nSPS) is 14.2. The van der Waals surface area contributed by atoms with E-state index in [4.69, 9.17) is 5.11 Å². The van der Waals surface area contributed by atoms with Gasteiger partial charge in [0, 0.05) is 38.0 Å². The van der Waals surface area contributed by atoms with Gasteiger partial charge in [-0.05, 0) is 37.5 Å². The van der Waals surface area contributed by atoms with Gasteiger partial charge < -0.3 is 5.11 Å². The van der Waals surface area contributed by atoms with Gasteiger partial charge >= 0.3 is 0 Å². The molecule has 0 radical (unpaired) electrons. The Morgan fingerprint density at radius 1 is 1.21 bits per heavy atom. The first-order chi connectivity index (χ1) is 11.8. The van der Waals surface area contributed by atoms with Crippen LogP contribution in [0.5, 0.6) is 0 Å². The fraction of sp³-hybridized carbons (Fsp3) is 0.412. The molecule has 0 spiro atoms. The molecule has 7 nitrogen and oxygen atoms in total. The lowest BCUT2D eigenvalue weighted by Gasteiger charge is -2.01. The zero-order chi connectivity index (χ0) is 16.5. The maximum absolute atomic E-state index is 9.15. The van der Waals surface area contributed by atoms with Crippen molar-refractivity contribution < 1.29 is 5.11 Å². The van der Waals surface area contributed by atoms with Crippen molar-refractivity contribution in [2.45, 2.75) is 31.7 Å². The number of nitrogens with zero attached hydrogens (tertiary/aromatic N) is 6. The molecule has 1 aliphatic rings. The molecule has 0 atom stereocenters. The van der Waals surface area contributed by atoms with Crippen LogP contribution in [0.1, 0.15) is 30.9 Å². The van der Waals surface area contributed by atoms with Gasteiger partial charge in [-0.2, -0.15) is 5.10 Å². The van der Waals surface area contributed by atoms with Crippen molar-refractivity contribution in [1.82, 2.24) is 29.5 Å². The molecule has 3 aromatic rings. The molecular weight excluding hydrogens is 304 g/mol. The topological polar surface area (TPSA) is 81.7 Å². The van der Waals surface area contributed by atoms with E-state index in [9.17, 15) is 0 Å². The quantitative estimate of drug-likeness (QED) is 0.750. The number of aryl methyl sites for hydroxylation is 2. The highest BCUT2D eigenvalue weighted by molar-refractivity contribution is 5.57. The predicted molar refractivity (Wildman–Crippen MR) is 89.1 cm³/mol. The van der Waals surface area contributed by atoms with Crippen molar-refractivity contribution in [1.29, 1.82) is 0 Å². The molecule has 7 heteroatoms. The van der Waals surface area contributed by atoms with Crippen LogP contribution in [0.15, 0.2) is 30.5 Å². The molecule has 1 N–H and O–H groups in total. The fourth-order valence-electron chi connectivity index (χ4n) is 2.86. The van der Waals surface area contributed by atoms with Crippen molar-refractivity contribution in [2.75, 3.05) is 6.61 Å². The Hall–Kier alpha value is -2.54. The highest BCUT2D eigenvalue weighted by Crippen LogP contribution is 2.40. The SMILES string of the molecule is Cn1nc(-c2nc(-c3ccccn3)nn2CCCO)cc1C1CC1. The van der Waals surface area contributed by atoms with Gasteiger partial charge in [0.2, 0.25) is 0 Å². The smallest absolute Gasteiger partial charge is 0.200 e. The summed E-state index contributed by atoms with van der Waals surface area (Å²) in [6.45, 7) is 0.717. The number of hydrogen-bond acceptors (Lipinski definition) is 5. The highest BCUT2D eigenvalue weighted by Gasteiger charge is 2.28. The van der Waals surface area contributed by atoms with Crippen LogP contribution in [0.4, 0.5) is 0 Å². The summed E-state index contributed by atoms with van der Waals surface area (Å²) in [5.74, 6) is 1.94. The van der Waals surface area contributed by atoms with E-state index in [1.807, 2.05) is 34.6 Å². The zero-order valence-corrected chi connectivity index (χ0v) is 13.6. The molecule has 0 amide bonds. The number of aromatic nitrogens is 6. The Morgan fingerprint density at radius 3 is 2.79 bits per heavy atom. The lowest BCUT2D eigenvalue weighted by Crippen LogP contribution is -2.05. The maximum Gasteiger partial charge on any atom is 0.200 e. The van der Waals surface area contributed by atoms with Crippen LogP contribution >= 0.6 is 0 Å². The average Bonchev–Trinajstić information content (AvgIpc) is 3.24. The summed E-state index contributed by atoms with van der Waals surface area (Å²) in [6.07, 6.45) is 4.82. The summed E-state index contributed by atoms with van der Waals surface area (Å²) in [4.78, 5) is 8.99. The van der Waals surface area contributed by atoms with Gasteiger partial charge in [0.05, 0.1) is 0 Å². The average molecular weight is 324 g/mol. The van der Waals surface area contributed by atoms with E-state index < -0.39 is 0 Å². The van der Waals surface area contributed by atoms with Crippen LogP contribution in [0.25, 0.3) is 23.0 Å². The number of rotatable bonds is 6. The molecule has 0 bridgehead atoms. The first-order valence-corrected chi connectivity index (χ1v) is 8.27. The van der Waals surface area contributed by atoms with Crippen molar-refractivity contribution in [3.8, 4) is 23.0 Å². The minimum atomic E-state index is 0.119. The van der Waals surface area contributed by atoms with Crippen LogP contribution in [0.2, 0.25) is 0 Å². The molecular formula is C17H20N6O. The molecule has 1 aliphatic carbocycles. The summed E-state index contributed by atoms with van der Waals surface area (Å²) in [6, 6.07) is 7.79. The molecule has 0 aromatic carbocycles. The van der Waals surface area contributed by atoms with E-state index in [1.54, 1.807) is 6.20 Å². The number of aliphatic hydroxyl groups is 1. The molecule has 3 aromatic heterocycles. The summed E-state index contributed by atoms with van der Waals surface area (Å²) in [5, 5.41) is 18.4. The molecule has 24 heavy (non-hydrogen) atoms. The molecule has 1 fully saturated rings. The van der Waals surface area contributed by atoms with Crippen LogP contribution in [-0.4, -0.2) is 41.2 Å². The summed E-state index contributed by atoms with van der Waals surface area (Å²) in [5.41, 5.74) is 2.81. The van der Waals surface area contributed by atoms with E-state index in [0.29, 0.717) is 24.7 Å². The van der Waals surface area contributed by atoms with Crippen molar-refractivity contribution in [2.24, 2.45) is 7.05 Å². The van der Waals surface area contributed by atoms with E-state index in [0.717, 1.165) is 17.2 Å². The Balaban J connectivity index is 1.75. The van der Waals surface area contributed by atoms with E-state index in [2.05, 4.69) is 26.2 Å². The molecule has 0 unspecified atom stereocenters. The Morgan fingerprint density at radius 2 is 2.08 bits per heavy atom. The van der Waals surface area contributed by atoms with E-state index in [-0.39, 0.29) is 6.61 Å². The standard InChI is InChI=1S/C17H20N6O/c1-22-15(12-6-7-12)11-14(20-22)17-19-16(13-5-2-3-8-18-13)21-23(17)9-4-10-24/h2-3,5,8,11-12,24H,4,6-7,9-10H2,1H3. The van der Waals surface area contributed by atoms with Gasteiger partial charge in [-0.1, -0.05) is 6.07 Å². The third-order valence-corrected chi connectivity index (χ3v) is 4.23. The van der Waals surface area contributed by atoms with Crippen LogP contribution in [0.3, 0.4) is 0 Å². The second kappa shape index (κ2) is 6.16. The molecule has 1 saturated carbocycles. The number of aliphatic hydroxyl groups excluding tert-OH is 1. The second-order valence-corrected chi connectivity index (χ2v) is 6.13. The lowest BCUT2D eigenvalue weighted by molar-refractivity contribution is 0.277. The van der Waals surface area contributed by atoms with E-state index >= 15 is 0 Å². The largest absolute Gasteiger partial charge is 0.396 e.